The van der Waals surface area contributed by atoms with Crippen LogP contribution >= 0.6 is 0 Å². The summed E-state index contributed by atoms with van der Waals surface area (Å²) in [4.78, 5) is 23.6. The molecule has 43 heavy (non-hydrogen) atoms. The number of rotatable bonds is 7. The fourth-order valence-corrected chi connectivity index (χ4v) is 8.01. The Labute approximate surface area is 258 Å². The number of nitrogens with one attached hydrogen (secondary N) is 3. The number of aliphatic hydroxyl groups is 2. The van der Waals surface area contributed by atoms with Crippen molar-refractivity contribution in [3.63, 3.8) is 0 Å². The molecule has 242 valence electrons. The normalized spacial score (nSPS) is 35.7. The van der Waals surface area contributed by atoms with E-state index < -0.39 is 11.6 Å². The van der Waals surface area contributed by atoms with Gasteiger partial charge < -0.3 is 36.1 Å². The molecule has 1 aromatic rings. The summed E-state index contributed by atoms with van der Waals surface area (Å²) < 4.78 is 0. The zero-order chi connectivity index (χ0) is 30.9. The van der Waals surface area contributed by atoms with Crippen molar-refractivity contribution < 1.29 is 24.9 Å². The van der Waals surface area contributed by atoms with Gasteiger partial charge in [0.15, 0.2) is 0 Å². The average Bonchev–Trinajstić information content (AvgIpc) is 2.94. The molecule has 0 aliphatic carbocycles. The first-order chi connectivity index (χ1) is 20.6. The Morgan fingerprint density at radius 2 is 1.86 bits per heavy atom. The number of carboxylic acids is 1. The van der Waals surface area contributed by atoms with Gasteiger partial charge in [0.05, 0.1) is 18.1 Å². The fraction of sp³-hybridized carbons (Fsp3) is 0.771. The summed E-state index contributed by atoms with van der Waals surface area (Å²) in [5.74, 6) is -0.299. The molecule has 8 atom stereocenters. The number of carbonyl (C=O) groups is 2. The van der Waals surface area contributed by atoms with Gasteiger partial charge in [-0.05, 0) is 101 Å². The molecule has 4 rings (SSSR count). The Balaban J connectivity index is 1.54. The second kappa shape index (κ2) is 15.9. The first kappa shape index (κ1) is 34.0. The number of carbonyl (C=O) groups excluding carboxylic acids is 1. The van der Waals surface area contributed by atoms with Gasteiger partial charge in [0.1, 0.15) is 6.29 Å². The zero-order valence-corrected chi connectivity index (χ0v) is 26.5. The van der Waals surface area contributed by atoms with Gasteiger partial charge in [-0.15, -0.1) is 0 Å². The highest BCUT2D eigenvalue weighted by molar-refractivity contribution is 5.68. The van der Waals surface area contributed by atoms with Crippen molar-refractivity contribution in [3.8, 4) is 0 Å². The minimum atomic E-state index is -1.26. The molecule has 6 N–H and O–H groups in total. The van der Waals surface area contributed by atoms with Crippen LogP contribution in [0.15, 0.2) is 24.3 Å². The van der Waals surface area contributed by atoms with Crippen molar-refractivity contribution in [2.24, 2.45) is 11.8 Å². The van der Waals surface area contributed by atoms with Gasteiger partial charge in [0.2, 0.25) is 0 Å². The molecule has 0 unspecified atom stereocenters. The standard InChI is InChI=1S/C35H57N3O5/c1-25-32(40)12-11-30(38-25)21-29(13-17-39)28-10-5-3-4-6-14-35(43,23-33(41)42)24-37-34(2)15-16-36-31(22-34)20-27-9-7-8-26(18-27)19-28/h7-9,17-18,25,28-32,36-38,40,43H,3-6,10-16,19-24H2,1-2H3,(H,41,42)/t25-,28-,29-,30-,31-,32+,34+,35+/m0/s1. The third kappa shape index (κ3) is 10.6. The van der Waals surface area contributed by atoms with Crippen molar-refractivity contribution in [1.29, 1.82) is 0 Å². The van der Waals surface area contributed by atoms with E-state index in [9.17, 15) is 24.9 Å². The van der Waals surface area contributed by atoms with E-state index in [0.717, 1.165) is 89.9 Å². The zero-order valence-electron chi connectivity index (χ0n) is 26.5. The first-order valence-electron chi connectivity index (χ1n) is 16.9. The predicted molar refractivity (Wildman–Crippen MR) is 170 cm³/mol. The maximum absolute atomic E-state index is 11.9. The number of aliphatic hydroxyl groups excluding tert-OH is 1. The topological polar surface area (TPSA) is 131 Å². The van der Waals surface area contributed by atoms with Crippen molar-refractivity contribution in [2.75, 3.05) is 13.1 Å². The predicted octanol–water partition coefficient (Wildman–Crippen LogP) is 4.14. The molecule has 3 aliphatic rings. The minimum Gasteiger partial charge on any atom is -0.481 e. The molecule has 0 amide bonds. The second-order valence-corrected chi connectivity index (χ2v) is 14.5. The lowest BCUT2D eigenvalue weighted by molar-refractivity contribution is -0.143. The van der Waals surface area contributed by atoms with Crippen LogP contribution in [-0.4, -0.2) is 76.0 Å². The number of piperidine rings is 2. The van der Waals surface area contributed by atoms with Crippen LogP contribution in [0.4, 0.5) is 0 Å². The van der Waals surface area contributed by atoms with Gasteiger partial charge in [-0.2, -0.15) is 0 Å². The Kier molecular flexibility index (Phi) is 12.6. The molecular formula is C35H57N3O5. The number of hydrogen-bond acceptors (Lipinski definition) is 7. The quantitative estimate of drug-likeness (QED) is 0.258. The van der Waals surface area contributed by atoms with E-state index in [1.807, 2.05) is 6.92 Å². The molecule has 3 aliphatic heterocycles. The van der Waals surface area contributed by atoms with Crippen LogP contribution in [-0.2, 0) is 22.4 Å². The Bertz CT molecular complexity index is 1040. The molecular weight excluding hydrogens is 542 g/mol. The third-order valence-electron chi connectivity index (χ3n) is 10.6. The fourth-order valence-electron chi connectivity index (χ4n) is 8.01. The smallest absolute Gasteiger partial charge is 0.306 e. The molecule has 3 heterocycles. The Morgan fingerprint density at radius 3 is 2.60 bits per heavy atom. The average molecular weight is 600 g/mol. The lowest BCUT2D eigenvalue weighted by Crippen LogP contribution is -2.58. The summed E-state index contributed by atoms with van der Waals surface area (Å²) in [6.07, 6.45) is 12.8. The van der Waals surface area contributed by atoms with E-state index in [-0.39, 0.29) is 36.6 Å². The number of hydrogen-bond donors (Lipinski definition) is 6. The van der Waals surface area contributed by atoms with Crippen LogP contribution in [0.2, 0.25) is 0 Å². The number of aliphatic carboxylic acids is 1. The minimum absolute atomic E-state index is 0.0721. The van der Waals surface area contributed by atoms with E-state index >= 15 is 0 Å². The monoisotopic (exact) mass is 599 g/mol. The highest BCUT2D eigenvalue weighted by atomic mass is 16.4. The molecule has 2 saturated heterocycles. The van der Waals surface area contributed by atoms with E-state index in [1.165, 1.54) is 11.1 Å². The summed E-state index contributed by atoms with van der Waals surface area (Å²) in [5, 5.41) is 42.1. The number of β-amino-alcohol motifs (C(OH)–C–C–N with tert-alkyl or cyclic N) is 1. The highest BCUT2D eigenvalue weighted by Crippen LogP contribution is 2.33. The van der Waals surface area contributed by atoms with Crippen molar-refractivity contribution >= 4 is 12.3 Å². The first-order valence-corrected chi connectivity index (χ1v) is 16.9. The van der Waals surface area contributed by atoms with Crippen LogP contribution in [0.5, 0.6) is 0 Å². The van der Waals surface area contributed by atoms with Gasteiger partial charge in [-0.25, -0.2) is 0 Å². The van der Waals surface area contributed by atoms with Crippen LogP contribution in [0.1, 0.15) is 108 Å². The van der Waals surface area contributed by atoms with Crippen LogP contribution in [0.25, 0.3) is 0 Å². The van der Waals surface area contributed by atoms with Crippen LogP contribution in [0.3, 0.4) is 0 Å². The summed E-state index contributed by atoms with van der Waals surface area (Å²) in [6.45, 7) is 5.42. The number of aldehydes is 1. The molecule has 4 bridgehead atoms. The van der Waals surface area contributed by atoms with E-state index in [4.69, 9.17) is 0 Å². The summed E-state index contributed by atoms with van der Waals surface area (Å²) in [7, 11) is 0. The number of benzene rings is 1. The van der Waals surface area contributed by atoms with Crippen molar-refractivity contribution in [2.45, 2.75) is 146 Å². The number of carboxylic acid groups (broad SMARTS) is 1. The van der Waals surface area contributed by atoms with Crippen LogP contribution < -0.4 is 16.0 Å². The van der Waals surface area contributed by atoms with Gasteiger partial charge in [0.25, 0.3) is 0 Å². The molecule has 0 aromatic heterocycles. The van der Waals surface area contributed by atoms with Crippen molar-refractivity contribution in [3.05, 3.63) is 35.4 Å². The van der Waals surface area contributed by atoms with Gasteiger partial charge in [-0.3, -0.25) is 4.79 Å². The maximum atomic E-state index is 11.9. The Hall–Kier alpha value is -1.84. The molecule has 0 spiro atoms. The highest BCUT2D eigenvalue weighted by Gasteiger charge is 2.37. The lowest BCUT2D eigenvalue weighted by Gasteiger charge is -2.42. The van der Waals surface area contributed by atoms with Gasteiger partial charge in [-0.1, -0.05) is 49.9 Å². The van der Waals surface area contributed by atoms with Gasteiger partial charge >= 0.3 is 5.97 Å². The molecule has 0 saturated carbocycles. The SMILES string of the molecule is C[C@@H]1N[C@H](C[C@H](CC=O)[C@H]2CCCCCC[C@@](O)(CC(=O)O)CN[C@]3(C)CCN[C@@H](Cc4cccc(c4)C2)C3)CC[C@H]1O. The second-order valence-electron chi connectivity index (χ2n) is 14.5. The van der Waals surface area contributed by atoms with E-state index in [1.54, 1.807) is 0 Å². The molecule has 0 radical (unpaired) electrons. The maximum Gasteiger partial charge on any atom is 0.306 e. The Morgan fingerprint density at radius 1 is 1.09 bits per heavy atom. The van der Waals surface area contributed by atoms with Crippen molar-refractivity contribution in [1.82, 2.24) is 16.0 Å². The summed E-state index contributed by atoms with van der Waals surface area (Å²) >= 11 is 0. The largest absolute Gasteiger partial charge is 0.481 e. The van der Waals surface area contributed by atoms with Crippen LogP contribution in [0, 0.1) is 11.8 Å². The molecule has 1 aromatic carbocycles. The van der Waals surface area contributed by atoms with Gasteiger partial charge in [0, 0.05) is 36.6 Å². The van der Waals surface area contributed by atoms with E-state index in [0.29, 0.717) is 30.8 Å². The molecule has 8 heteroatoms. The summed E-state index contributed by atoms with van der Waals surface area (Å²) in [6, 6.07) is 9.67. The third-order valence-corrected chi connectivity index (χ3v) is 10.6. The number of fused-ring (bicyclic) bond motifs is 4. The molecule has 8 nitrogen and oxygen atoms in total. The molecule has 2 fully saturated rings. The summed E-state index contributed by atoms with van der Waals surface area (Å²) in [5.41, 5.74) is 1.23. The van der Waals surface area contributed by atoms with E-state index in [2.05, 4.69) is 47.1 Å². The lowest BCUT2D eigenvalue weighted by atomic mass is 9.76.